The zero-order valence-corrected chi connectivity index (χ0v) is 15.9. The van der Waals surface area contributed by atoms with Crippen LogP contribution in [0.5, 0.6) is 11.5 Å². The van der Waals surface area contributed by atoms with Crippen LogP contribution in [0.1, 0.15) is 10.4 Å². The maximum absolute atomic E-state index is 12.2. The molecule has 0 atom stereocenters. The number of carbonyl (C=O) groups excluding carboxylic acids is 1. The highest BCUT2D eigenvalue weighted by Crippen LogP contribution is 2.28. The van der Waals surface area contributed by atoms with Crippen molar-refractivity contribution < 1.29 is 14.3 Å². The molecule has 8 heteroatoms. The fourth-order valence-corrected chi connectivity index (χ4v) is 3.77. The summed E-state index contributed by atoms with van der Waals surface area (Å²) in [5.74, 6) is 1.87. The molecule has 0 spiro atoms. The monoisotopic (exact) mass is 387 g/mol. The van der Waals surface area contributed by atoms with E-state index in [1.165, 1.54) is 23.1 Å². The average molecular weight is 387 g/mol. The lowest BCUT2D eigenvalue weighted by Gasteiger charge is -2.03. The van der Waals surface area contributed by atoms with Crippen molar-refractivity contribution in [1.82, 2.24) is 10.2 Å². The van der Waals surface area contributed by atoms with E-state index in [2.05, 4.69) is 15.5 Å². The first kappa shape index (κ1) is 18.2. The van der Waals surface area contributed by atoms with Gasteiger partial charge >= 0.3 is 0 Å². The summed E-state index contributed by atoms with van der Waals surface area (Å²) >= 11 is 2.78. The van der Waals surface area contributed by atoms with Crippen molar-refractivity contribution in [2.45, 2.75) is 4.34 Å². The van der Waals surface area contributed by atoms with Crippen molar-refractivity contribution in [1.29, 1.82) is 0 Å². The van der Waals surface area contributed by atoms with Gasteiger partial charge in [-0.15, -0.1) is 10.2 Å². The Labute approximate surface area is 159 Å². The molecule has 0 aliphatic heterocycles. The predicted molar refractivity (Wildman–Crippen MR) is 104 cm³/mol. The number of rotatable bonds is 8. The van der Waals surface area contributed by atoms with Crippen LogP contribution in [0, 0.1) is 0 Å². The van der Waals surface area contributed by atoms with E-state index in [9.17, 15) is 4.79 Å². The standard InChI is InChI=1S/C18H17N3O3S2/c1-23-14-7-3-12(4-8-14)16(22)11-25-18-21-20-17(26-18)19-13-5-9-15(24-2)10-6-13/h3-10H,11H2,1-2H3,(H,19,20). The first-order chi connectivity index (χ1) is 12.7. The molecule has 0 amide bonds. The van der Waals surface area contributed by atoms with Crippen molar-refractivity contribution in [3.63, 3.8) is 0 Å². The molecule has 3 rings (SSSR count). The number of benzene rings is 2. The van der Waals surface area contributed by atoms with Gasteiger partial charge in [-0.05, 0) is 48.5 Å². The summed E-state index contributed by atoms with van der Waals surface area (Å²) in [6.45, 7) is 0. The van der Waals surface area contributed by atoms with Gasteiger partial charge in [0.25, 0.3) is 0 Å². The number of nitrogens with zero attached hydrogens (tertiary/aromatic N) is 2. The van der Waals surface area contributed by atoms with E-state index >= 15 is 0 Å². The van der Waals surface area contributed by atoms with Crippen LogP contribution >= 0.6 is 23.1 Å². The molecule has 0 unspecified atom stereocenters. The largest absolute Gasteiger partial charge is 0.497 e. The summed E-state index contributed by atoms with van der Waals surface area (Å²) in [5.41, 5.74) is 1.55. The summed E-state index contributed by atoms with van der Waals surface area (Å²) < 4.78 is 11.0. The first-order valence-corrected chi connectivity index (χ1v) is 9.53. The maximum Gasteiger partial charge on any atom is 0.210 e. The Morgan fingerprint density at radius 1 is 1.00 bits per heavy atom. The molecule has 0 saturated heterocycles. The molecule has 1 heterocycles. The number of ketones is 1. The highest BCUT2D eigenvalue weighted by atomic mass is 32.2. The topological polar surface area (TPSA) is 73.3 Å². The number of Topliss-reactive ketones (excluding diaryl/α,β-unsaturated/α-hetero) is 1. The second-order valence-corrected chi connectivity index (χ2v) is 7.37. The van der Waals surface area contributed by atoms with Gasteiger partial charge in [0.1, 0.15) is 11.5 Å². The molecule has 0 radical (unpaired) electrons. The molecule has 0 aliphatic rings. The van der Waals surface area contributed by atoms with Crippen molar-refractivity contribution >= 4 is 39.7 Å². The smallest absolute Gasteiger partial charge is 0.210 e. The molecule has 1 N–H and O–H groups in total. The van der Waals surface area contributed by atoms with Gasteiger partial charge in [-0.3, -0.25) is 4.79 Å². The Morgan fingerprint density at radius 3 is 2.23 bits per heavy atom. The summed E-state index contributed by atoms with van der Waals surface area (Å²) in [6.07, 6.45) is 0. The molecule has 6 nitrogen and oxygen atoms in total. The molecule has 0 saturated carbocycles. The molecule has 1 aromatic heterocycles. The van der Waals surface area contributed by atoms with E-state index in [4.69, 9.17) is 9.47 Å². The summed E-state index contributed by atoms with van der Waals surface area (Å²) in [6, 6.07) is 14.6. The highest BCUT2D eigenvalue weighted by Gasteiger charge is 2.10. The molecule has 2 aromatic carbocycles. The van der Waals surface area contributed by atoms with Gasteiger partial charge in [0.05, 0.1) is 20.0 Å². The van der Waals surface area contributed by atoms with E-state index in [1.54, 1.807) is 38.5 Å². The van der Waals surface area contributed by atoms with E-state index in [1.807, 2.05) is 24.3 Å². The number of hydrogen-bond donors (Lipinski definition) is 1. The van der Waals surface area contributed by atoms with Crippen molar-refractivity contribution in [3.8, 4) is 11.5 Å². The minimum atomic E-state index is 0.0394. The minimum Gasteiger partial charge on any atom is -0.497 e. The average Bonchev–Trinajstić information content (AvgIpc) is 3.14. The van der Waals surface area contributed by atoms with Gasteiger partial charge in [0.2, 0.25) is 5.13 Å². The number of anilines is 2. The number of nitrogens with one attached hydrogen (secondary N) is 1. The van der Waals surface area contributed by atoms with Crippen LogP contribution in [-0.4, -0.2) is 36.0 Å². The Bertz CT molecular complexity index is 864. The van der Waals surface area contributed by atoms with Gasteiger partial charge in [0, 0.05) is 11.3 Å². The zero-order valence-electron chi connectivity index (χ0n) is 14.3. The Hall–Kier alpha value is -2.58. The van der Waals surface area contributed by atoms with Crippen LogP contribution < -0.4 is 14.8 Å². The summed E-state index contributed by atoms with van der Waals surface area (Å²) in [5, 5.41) is 12.1. The second kappa shape index (κ2) is 8.68. The van der Waals surface area contributed by atoms with Crippen LogP contribution in [0.3, 0.4) is 0 Å². The summed E-state index contributed by atoms with van der Waals surface area (Å²) in [7, 11) is 3.23. The lowest BCUT2D eigenvalue weighted by Crippen LogP contribution is -2.02. The van der Waals surface area contributed by atoms with E-state index < -0.39 is 0 Å². The quantitative estimate of drug-likeness (QED) is 0.457. The number of methoxy groups -OCH3 is 2. The van der Waals surface area contributed by atoms with Crippen molar-refractivity contribution in [3.05, 3.63) is 54.1 Å². The Balaban J connectivity index is 1.54. The van der Waals surface area contributed by atoms with Gasteiger partial charge < -0.3 is 14.8 Å². The summed E-state index contributed by atoms with van der Waals surface area (Å²) in [4.78, 5) is 12.2. The molecule has 26 heavy (non-hydrogen) atoms. The molecule has 0 fully saturated rings. The van der Waals surface area contributed by atoms with Crippen LogP contribution in [0.4, 0.5) is 10.8 Å². The van der Waals surface area contributed by atoms with E-state index in [-0.39, 0.29) is 5.78 Å². The number of carbonyl (C=O) groups is 1. The number of ether oxygens (including phenoxy) is 2. The number of aromatic nitrogens is 2. The molecular formula is C18H17N3O3S2. The molecule has 0 bridgehead atoms. The van der Waals surface area contributed by atoms with E-state index in [0.717, 1.165) is 21.5 Å². The van der Waals surface area contributed by atoms with Crippen molar-refractivity contribution in [2.24, 2.45) is 0 Å². The Kier molecular flexibility index (Phi) is 6.08. The minimum absolute atomic E-state index is 0.0394. The van der Waals surface area contributed by atoms with Gasteiger partial charge in [-0.1, -0.05) is 23.1 Å². The fraction of sp³-hybridized carbons (Fsp3) is 0.167. The zero-order chi connectivity index (χ0) is 18.4. The van der Waals surface area contributed by atoms with Crippen LogP contribution in [0.2, 0.25) is 0 Å². The third kappa shape index (κ3) is 4.74. The maximum atomic E-state index is 12.2. The molecule has 0 aliphatic carbocycles. The van der Waals surface area contributed by atoms with Crippen LogP contribution in [0.25, 0.3) is 0 Å². The van der Waals surface area contributed by atoms with Gasteiger partial charge in [-0.25, -0.2) is 0 Å². The van der Waals surface area contributed by atoms with Crippen LogP contribution in [0.15, 0.2) is 52.9 Å². The normalized spacial score (nSPS) is 10.4. The number of hydrogen-bond acceptors (Lipinski definition) is 8. The molecule has 3 aromatic rings. The predicted octanol–water partition coefficient (Wildman–Crippen LogP) is 4.27. The lowest BCUT2D eigenvalue weighted by atomic mass is 10.1. The molecular weight excluding hydrogens is 370 g/mol. The lowest BCUT2D eigenvalue weighted by molar-refractivity contribution is 0.102. The van der Waals surface area contributed by atoms with Crippen LogP contribution in [-0.2, 0) is 0 Å². The van der Waals surface area contributed by atoms with Crippen molar-refractivity contribution in [2.75, 3.05) is 25.3 Å². The Morgan fingerprint density at radius 2 is 1.62 bits per heavy atom. The third-order valence-electron chi connectivity index (χ3n) is 3.49. The number of thioether (sulfide) groups is 1. The fourth-order valence-electron chi connectivity index (χ4n) is 2.10. The molecule has 134 valence electrons. The second-order valence-electron chi connectivity index (χ2n) is 5.17. The SMILES string of the molecule is COc1ccc(Nc2nnc(SCC(=O)c3ccc(OC)cc3)s2)cc1. The highest BCUT2D eigenvalue weighted by molar-refractivity contribution is 8.01. The third-order valence-corrected chi connectivity index (χ3v) is 5.46. The van der Waals surface area contributed by atoms with E-state index in [0.29, 0.717) is 16.4 Å². The van der Waals surface area contributed by atoms with Gasteiger partial charge in [0.15, 0.2) is 10.1 Å². The van der Waals surface area contributed by atoms with Gasteiger partial charge in [-0.2, -0.15) is 0 Å². The first-order valence-electron chi connectivity index (χ1n) is 7.72.